The number of hydrogen-bond donors (Lipinski definition) is 1. The van der Waals surface area contributed by atoms with Gasteiger partial charge < -0.3 is 19.3 Å². The number of esters is 1. The summed E-state index contributed by atoms with van der Waals surface area (Å²) in [7, 11) is 2.86. The normalized spacial score (nSPS) is 13.9. The van der Waals surface area contributed by atoms with E-state index in [1.807, 2.05) is 0 Å². The number of anilines is 1. The number of rotatable bonds is 8. The molecular weight excluding hydrogens is 476 g/mol. The zero-order valence-corrected chi connectivity index (χ0v) is 20.4. The molecule has 0 saturated heterocycles. The number of nitrogens with zero attached hydrogens (tertiary/aromatic N) is 2. The zero-order chi connectivity index (χ0) is 26.5. The minimum absolute atomic E-state index is 0.125. The molecule has 0 saturated carbocycles. The molecule has 0 aliphatic carbocycles. The molecule has 0 atom stereocenters. The molecule has 9 heteroatoms. The molecule has 0 bridgehead atoms. The van der Waals surface area contributed by atoms with Crippen molar-refractivity contribution >= 4 is 35.3 Å². The van der Waals surface area contributed by atoms with Crippen LogP contribution in [0.4, 0.5) is 5.69 Å². The van der Waals surface area contributed by atoms with Crippen molar-refractivity contribution in [3.05, 3.63) is 94.6 Å². The van der Waals surface area contributed by atoms with E-state index in [1.165, 1.54) is 31.4 Å². The van der Waals surface area contributed by atoms with E-state index >= 15 is 0 Å². The Morgan fingerprint density at radius 1 is 0.946 bits per heavy atom. The molecule has 0 spiro atoms. The van der Waals surface area contributed by atoms with Gasteiger partial charge in [-0.2, -0.15) is 10.1 Å². The summed E-state index contributed by atoms with van der Waals surface area (Å²) >= 11 is 0. The Balaban J connectivity index is 1.49. The molecule has 0 radical (unpaired) electrons. The summed E-state index contributed by atoms with van der Waals surface area (Å²) < 4.78 is 16.1. The average molecular weight is 501 g/mol. The van der Waals surface area contributed by atoms with Crippen molar-refractivity contribution in [3.63, 3.8) is 0 Å². The Morgan fingerprint density at radius 2 is 1.62 bits per heavy atom. The van der Waals surface area contributed by atoms with Crippen LogP contribution in [0.15, 0.2) is 77.4 Å². The van der Waals surface area contributed by atoms with Crippen LogP contribution in [0.25, 0.3) is 6.08 Å². The van der Waals surface area contributed by atoms with Gasteiger partial charge in [-0.25, -0.2) is 9.59 Å². The third-order valence-electron chi connectivity index (χ3n) is 5.69. The maximum atomic E-state index is 13.0. The van der Waals surface area contributed by atoms with Gasteiger partial charge >= 0.3 is 11.9 Å². The van der Waals surface area contributed by atoms with E-state index in [0.29, 0.717) is 39.6 Å². The fourth-order valence-corrected chi connectivity index (χ4v) is 3.68. The topological polar surface area (TPSA) is 115 Å². The summed E-state index contributed by atoms with van der Waals surface area (Å²) in [6.07, 6.45) is 1.71. The average Bonchev–Trinajstić information content (AvgIpc) is 3.20. The lowest BCUT2D eigenvalue weighted by atomic mass is 10.1. The Labute approximate surface area is 213 Å². The highest BCUT2D eigenvalue weighted by molar-refractivity contribution is 6.32. The van der Waals surface area contributed by atoms with Gasteiger partial charge in [0.25, 0.3) is 5.91 Å². The maximum Gasteiger partial charge on any atom is 0.337 e. The fraction of sp³-hybridized carbons (Fsp3) is 0.143. The third kappa shape index (κ3) is 5.51. The molecule has 3 aromatic rings. The predicted molar refractivity (Wildman–Crippen MR) is 137 cm³/mol. The van der Waals surface area contributed by atoms with Crippen molar-refractivity contribution in [1.29, 1.82) is 0 Å². The summed E-state index contributed by atoms with van der Waals surface area (Å²) in [6, 6.07) is 18.2. The second kappa shape index (κ2) is 10.8. The minimum atomic E-state index is -1.04. The second-order valence-electron chi connectivity index (χ2n) is 8.10. The molecule has 1 N–H and O–H groups in total. The molecule has 37 heavy (non-hydrogen) atoms. The van der Waals surface area contributed by atoms with E-state index in [2.05, 4.69) is 5.10 Å². The van der Waals surface area contributed by atoms with Crippen molar-refractivity contribution in [1.82, 2.24) is 0 Å². The quantitative estimate of drug-likeness (QED) is 0.356. The smallest absolute Gasteiger partial charge is 0.337 e. The van der Waals surface area contributed by atoms with E-state index < -0.39 is 11.9 Å². The van der Waals surface area contributed by atoms with Gasteiger partial charge in [0.15, 0.2) is 11.5 Å². The molecule has 3 aromatic carbocycles. The lowest BCUT2D eigenvalue weighted by Crippen LogP contribution is -2.21. The number of ether oxygens (including phenoxy) is 3. The van der Waals surface area contributed by atoms with E-state index in [1.54, 1.807) is 67.6 Å². The van der Waals surface area contributed by atoms with Gasteiger partial charge in [0.05, 0.1) is 42.3 Å². The van der Waals surface area contributed by atoms with Crippen molar-refractivity contribution in [2.75, 3.05) is 19.2 Å². The Bertz CT molecular complexity index is 1410. The molecule has 1 amide bonds. The van der Waals surface area contributed by atoms with Gasteiger partial charge in [-0.1, -0.05) is 18.2 Å². The van der Waals surface area contributed by atoms with Gasteiger partial charge in [-0.3, -0.25) is 4.79 Å². The highest BCUT2D eigenvalue weighted by atomic mass is 16.5. The van der Waals surface area contributed by atoms with Crippen LogP contribution < -0.4 is 14.5 Å². The summed E-state index contributed by atoms with van der Waals surface area (Å²) in [4.78, 5) is 35.7. The largest absolute Gasteiger partial charge is 0.493 e. The summed E-state index contributed by atoms with van der Waals surface area (Å²) in [5.41, 5.74) is 3.56. The van der Waals surface area contributed by atoms with Crippen LogP contribution in [0.1, 0.15) is 38.8 Å². The Hall–Kier alpha value is -4.92. The number of amides is 1. The van der Waals surface area contributed by atoms with Crippen LogP contribution in [-0.2, 0) is 16.1 Å². The van der Waals surface area contributed by atoms with Gasteiger partial charge in [-0.15, -0.1) is 0 Å². The maximum absolute atomic E-state index is 13.0. The van der Waals surface area contributed by atoms with Crippen LogP contribution in [0, 0.1) is 0 Å². The van der Waals surface area contributed by atoms with E-state index in [0.717, 1.165) is 5.56 Å². The Morgan fingerprint density at radius 3 is 2.24 bits per heavy atom. The number of hydrogen-bond acceptors (Lipinski definition) is 7. The van der Waals surface area contributed by atoms with Crippen LogP contribution >= 0.6 is 0 Å². The third-order valence-corrected chi connectivity index (χ3v) is 5.69. The van der Waals surface area contributed by atoms with Crippen LogP contribution in [0.2, 0.25) is 0 Å². The highest BCUT2D eigenvalue weighted by Crippen LogP contribution is 2.31. The first kappa shape index (κ1) is 25.2. The number of aromatic carboxylic acids is 1. The van der Waals surface area contributed by atoms with Gasteiger partial charge in [0.2, 0.25) is 0 Å². The van der Waals surface area contributed by atoms with Gasteiger partial charge in [-0.05, 0) is 72.7 Å². The zero-order valence-electron chi connectivity index (χ0n) is 20.4. The standard InChI is InChI=1S/C28H24N2O7/c1-17-23(26(31)30(29-17)22-11-9-20(10-12-22)27(32)33)14-19-6-13-24(25(15-19)35-2)37-16-18-4-7-21(8-5-18)28(34)36-3/h4-15H,16H2,1-3H3,(H,32,33)/b23-14-. The summed E-state index contributed by atoms with van der Waals surface area (Å²) in [5, 5.41) is 14.7. The monoisotopic (exact) mass is 500 g/mol. The van der Waals surface area contributed by atoms with Gasteiger partial charge in [0, 0.05) is 0 Å². The van der Waals surface area contributed by atoms with Crippen molar-refractivity contribution in [3.8, 4) is 11.5 Å². The number of carbonyl (C=O) groups excluding carboxylic acids is 2. The predicted octanol–water partition coefficient (Wildman–Crippen LogP) is 4.57. The first-order valence-corrected chi connectivity index (χ1v) is 11.2. The molecule has 0 unspecified atom stereocenters. The Kier molecular flexibility index (Phi) is 7.34. The molecular formula is C28H24N2O7. The van der Waals surface area contributed by atoms with E-state index in [4.69, 9.17) is 19.3 Å². The number of benzene rings is 3. The SMILES string of the molecule is COC(=O)c1ccc(COc2ccc(/C=C3\C(=O)N(c4ccc(C(=O)O)cc4)N=C3C)cc2OC)cc1. The second-order valence-corrected chi connectivity index (χ2v) is 8.10. The van der Waals surface area contributed by atoms with Crippen molar-refractivity contribution < 1.29 is 33.7 Å². The summed E-state index contributed by atoms with van der Waals surface area (Å²) in [5.74, 6) is -0.765. The first-order chi connectivity index (χ1) is 17.8. The molecule has 0 aromatic heterocycles. The van der Waals surface area contributed by atoms with Crippen LogP contribution in [0.5, 0.6) is 11.5 Å². The van der Waals surface area contributed by atoms with Crippen LogP contribution in [-0.4, -0.2) is 42.9 Å². The number of carboxylic acids is 1. The van der Waals surface area contributed by atoms with E-state index in [-0.39, 0.29) is 18.1 Å². The summed E-state index contributed by atoms with van der Waals surface area (Å²) in [6.45, 7) is 1.99. The number of carboxylic acid groups (broad SMARTS) is 1. The molecule has 1 heterocycles. The minimum Gasteiger partial charge on any atom is -0.493 e. The lowest BCUT2D eigenvalue weighted by Gasteiger charge is -2.13. The molecule has 9 nitrogen and oxygen atoms in total. The molecule has 0 fully saturated rings. The lowest BCUT2D eigenvalue weighted by molar-refractivity contribution is -0.114. The van der Waals surface area contributed by atoms with Crippen molar-refractivity contribution in [2.24, 2.45) is 5.10 Å². The molecule has 188 valence electrons. The number of hydrazone groups is 1. The highest BCUT2D eigenvalue weighted by Gasteiger charge is 2.29. The number of methoxy groups -OCH3 is 2. The fourth-order valence-electron chi connectivity index (χ4n) is 3.68. The van der Waals surface area contributed by atoms with E-state index in [9.17, 15) is 14.4 Å². The number of carbonyl (C=O) groups is 3. The molecule has 4 rings (SSSR count). The first-order valence-electron chi connectivity index (χ1n) is 11.2. The van der Waals surface area contributed by atoms with Crippen LogP contribution in [0.3, 0.4) is 0 Å². The molecule has 1 aliphatic rings. The van der Waals surface area contributed by atoms with Crippen molar-refractivity contribution in [2.45, 2.75) is 13.5 Å². The molecule has 1 aliphatic heterocycles. The van der Waals surface area contributed by atoms with Gasteiger partial charge in [0.1, 0.15) is 6.61 Å².